The molecule has 3 fully saturated rings. The van der Waals surface area contributed by atoms with Crippen molar-refractivity contribution >= 4 is 15.7 Å². The summed E-state index contributed by atoms with van der Waals surface area (Å²) < 4.78 is 25.3. The fraction of sp³-hybridized carbons (Fsp3) is 0.667. The first kappa shape index (κ1) is 23.1. The van der Waals surface area contributed by atoms with Crippen molar-refractivity contribution in [2.75, 3.05) is 0 Å². The van der Waals surface area contributed by atoms with E-state index in [1.807, 2.05) is 13.0 Å². The van der Waals surface area contributed by atoms with Crippen molar-refractivity contribution in [2.45, 2.75) is 83.1 Å². The van der Waals surface area contributed by atoms with Gasteiger partial charge < -0.3 is 5.11 Å². The molecule has 7 unspecified atom stereocenters. The highest BCUT2D eigenvalue weighted by Gasteiger charge is 2.59. The minimum atomic E-state index is -3.64. The zero-order valence-corrected chi connectivity index (χ0v) is 20.9. The second-order valence-electron chi connectivity index (χ2n) is 11.5. The van der Waals surface area contributed by atoms with E-state index in [2.05, 4.69) is 29.9 Å². The summed E-state index contributed by atoms with van der Waals surface area (Å²) in [4.78, 5) is 2.74. The third kappa shape index (κ3) is 3.78. The molecule has 0 aromatic heterocycles. The van der Waals surface area contributed by atoms with Gasteiger partial charge in [-0.2, -0.15) is 13.5 Å². The van der Waals surface area contributed by atoms with E-state index >= 15 is 0 Å². The van der Waals surface area contributed by atoms with Crippen molar-refractivity contribution in [2.24, 2.45) is 39.6 Å². The van der Waals surface area contributed by atoms with E-state index in [9.17, 15) is 13.5 Å². The maximum Gasteiger partial charge on any atom is 0.276 e. The van der Waals surface area contributed by atoms with Crippen molar-refractivity contribution in [3.63, 3.8) is 0 Å². The fourth-order valence-electron chi connectivity index (χ4n) is 8.19. The molecular weight excluding hydrogens is 432 g/mol. The molecule has 6 heteroatoms. The number of nitrogens with one attached hydrogen (secondary N) is 1. The number of aliphatic hydroxyl groups is 1. The van der Waals surface area contributed by atoms with Gasteiger partial charge in [-0.15, -0.1) is 0 Å². The molecule has 0 bridgehead atoms. The number of aliphatic hydroxyl groups excluding tert-OH is 1. The second-order valence-corrected chi connectivity index (χ2v) is 13.2. The first-order valence-electron chi connectivity index (χ1n) is 12.6. The normalized spacial score (nSPS) is 40.9. The summed E-state index contributed by atoms with van der Waals surface area (Å²) in [6.07, 6.45) is 11.0. The molecule has 2 N–H and O–H groups in total. The molecule has 0 radical (unpaired) electrons. The Morgan fingerprint density at radius 2 is 1.82 bits per heavy atom. The number of fused-ring (bicyclic) bond motifs is 5. The van der Waals surface area contributed by atoms with E-state index in [0.717, 1.165) is 37.8 Å². The largest absolute Gasteiger partial charge is 0.393 e. The Morgan fingerprint density at radius 3 is 2.58 bits per heavy atom. The quantitative estimate of drug-likeness (QED) is 0.357. The first-order valence-corrected chi connectivity index (χ1v) is 14.1. The van der Waals surface area contributed by atoms with Gasteiger partial charge in [-0.25, -0.2) is 4.83 Å². The van der Waals surface area contributed by atoms with Gasteiger partial charge in [0, 0.05) is 11.6 Å². The first-order chi connectivity index (χ1) is 15.6. The molecule has 1 aromatic rings. The van der Waals surface area contributed by atoms with Crippen LogP contribution in [0.3, 0.4) is 0 Å². The Hall–Kier alpha value is -1.66. The average molecular weight is 471 g/mol. The standard InChI is InChI=1S/C27H38N2O3S/c1-18(28-29-33(31,32)21-7-5-4-6-8-21)23-11-12-24-22-10-9-19-17-20(30)13-15-26(19,2)25(22)14-16-27(23,24)3/h4-9,20,22-25,29-30H,10-17H2,1-3H3/b28-18+. The SMILES string of the molecule is C/C(=N\NS(=O)(=O)c1ccccc1)C1CCC2C3CC=C4CC(O)CCC4(C)C3CCC12C. The van der Waals surface area contributed by atoms with Crippen molar-refractivity contribution < 1.29 is 13.5 Å². The Bertz CT molecular complexity index is 1070. The summed E-state index contributed by atoms with van der Waals surface area (Å²) >= 11 is 0. The number of nitrogens with zero attached hydrogens (tertiary/aromatic N) is 1. The lowest BCUT2D eigenvalue weighted by molar-refractivity contribution is -0.0423. The van der Waals surface area contributed by atoms with Crippen LogP contribution < -0.4 is 4.83 Å². The van der Waals surface area contributed by atoms with Gasteiger partial charge in [-0.3, -0.25) is 0 Å². The highest BCUT2D eigenvalue weighted by molar-refractivity contribution is 7.89. The van der Waals surface area contributed by atoms with E-state index in [4.69, 9.17) is 0 Å². The predicted molar refractivity (Wildman–Crippen MR) is 131 cm³/mol. The number of hydrogen-bond donors (Lipinski definition) is 2. The number of benzene rings is 1. The molecule has 5 nitrogen and oxygen atoms in total. The van der Waals surface area contributed by atoms with Crippen molar-refractivity contribution in [3.05, 3.63) is 42.0 Å². The van der Waals surface area contributed by atoms with Crippen LogP contribution in [0, 0.1) is 34.5 Å². The maximum absolute atomic E-state index is 12.7. The molecule has 180 valence electrons. The number of rotatable bonds is 4. The van der Waals surface area contributed by atoms with Crippen LogP contribution in [0.1, 0.15) is 72.1 Å². The van der Waals surface area contributed by atoms with Crippen molar-refractivity contribution in [1.82, 2.24) is 4.83 Å². The molecule has 0 aliphatic heterocycles. The zero-order valence-electron chi connectivity index (χ0n) is 20.1. The monoisotopic (exact) mass is 470 g/mol. The van der Waals surface area contributed by atoms with Crippen LogP contribution in [-0.4, -0.2) is 25.3 Å². The van der Waals surface area contributed by atoms with Crippen LogP contribution in [0.15, 0.2) is 52.0 Å². The van der Waals surface area contributed by atoms with Gasteiger partial charge in [0.1, 0.15) is 0 Å². The van der Waals surface area contributed by atoms with Gasteiger partial charge >= 0.3 is 0 Å². The molecule has 0 spiro atoms. The molecular formula is C27H38N2O3S. The van der Waals surface area contributed by atoms with Crippen LogP contribution in [0.25, 0.3) is 0 Å². The lowest BCUT2D eigenvalue weighted by Gasteiger charge is -2.58. The van der Waals surface area contributed by atoms with Gasteiger partial charge in [0.05, 0.1) is 11.0 Å². The molecule has 0 amide bonds. The summed E-state index contributed by atoms with van der Waals surface area (Å²) in [6.45, 7) is 6.89. The van der Waals surface area contributed by atoms with E-state index in [1.54, 1.807) is 24.3 Å². The van der Waals surface area contributed by atoms with Crippen LogP contribution in [0.5, 0.6) is 0 Å². The minimum Gasteiger partial charge on any atom is -0.393 e. The summed E-state index contributed by atoms with van der Waals surface area (Å²) in [5.74, 6) is 2.36. The molecule has 5 rings (SSSR count). The minimum absolute atomic E-state index is 0.163. The number of hydrazone groups is 1. The van der Waals surface area contributed by atoms with E-state index in [-0.39, 0.29) is 21.8 Å². The fourth-order valence-corrected chi connectivity index (χ4v) is 9.08. The third-order valence-electron chi connectivity index (χ3n) is 9.98. The van der Waals surface area contributed by atoms with E-state index in [1.165, 1.54) is 24.8 Å². The number of sulfonamides is 1. The molecule has 1 aromatic carbocycles. The molecule has 0 saturated heterocycles. The van der Waals surface area contributed by atoms with Crippen LogP contribution >= 0.6 is 0 Å². The summed E-state index contributed by atoms with van der Waals surface area (Å²) in [5, 5.41) is 14.6. The molecule has 4 aliphatic carbocycles. The molecule has 33 heavy (non-hydrogen) atoms. The van der Waals surface area contributed by atoms with Crippen molar-refractivity contribution in [1.29, 1.82) is 0 Å². The van der Waals surface area contributed by atoms with Gasteiger partial charge in [0.25, 0.3) is 10.0 Å². The summed E-state index contributed by atoms with van der Waals surface area (Å²) in [6, 6.07) is 8.45. The van der Waals surface area contributed by atoms with Crippen molar-refractivity contribution in [3.8, 4) is 0 Å². The van der Waals surface area contributed by atoms with Crippen LogP contribution in [0.4, 0.5) is 0 Å². The van der Waals surface area contributed by atoms with Gasteiger partial charge in [0.2, 0.25) is 0 Å². The summed E-state index contributed by atoms with van der Waals surface area (Å²) in [7, 11) is -3.64. The zero-order chi connectivity index (χ0) is 23.4. The Morgan fingerprint density at radius 1 is 1.06 bits per heavy atom. The smallest absolute Gasteiger partial charge is 0.276 e. The van der Waals surface area contributed by atoms with Gasteiger partial charge in [0.15, 0.2) is 0 Å². The number of hydrogen-bond acceptors (Lipinski definition) is 4. The topological polar surface area (TPSA) is 78.8 Å². The number of allylic oxidation sites excluding steroid dienone is 1. The highest BCUT2D eigenvalue weighted by atomic mass is 32.2. The molecule has 7 atom stereocenters. The average Bonchev–Trinajstić information content (AvgIpc) is 3.16. The lowest BCUT2D eigenvalue weighted by atomic mass is 9.47. The highest BCUT2D eigenvalue weighted by Crippen LogP contribution is 2.66. The molecule has 0 heterocycles. The maximum atomic E-state index is 12.7. The van der Waals surface area contributed by atoms with E-state index in [0.29, 0.717) is 23.7 Å². The Labute approximate surface area is 198 Å². The Kier molecular flexibility index (Phi) is 5.76. The Balaban J connectivity index is 1.35. The summed E-state index contributed by atoms with van der Waals surface area (Å²) in [5.41, 5.74) is 2.84. The van der Waals surface area contributed by atoms with Crippen LogP contribution in [-0.2, 0) is 10.0 Å². The molecule has 3 saturated carbocycles. The second kappa shape index (κ2) is 8.23. The predicted octanol–water partition coefficient (Wildman–Crippen LogP) is 5.28. The molecule has 4 aliphatic rings. The van der Waals surface area contributed by atoms with Crippen LogP contribution in [0.2, 0.25) is 0 Å². The lowest BCUT2D eigenvalue weighted by Crippen LogP contribution is -2.51. The van der Waals surface area contributed by atoms with Gasteiger partial charge in [-0.05, 0) is 99.0 Å². The van der Waals surface area contributed by atoms with Gasteiger partial charge in [-0.1, -0.05) is 43.7 Å². The third-order valence-corrected chi connectivity index (χ3v) is 11.2. The van der Waals surface area contributed by atoms with E-state index < -0.39 is 10.0 Å².